The quantitative estimate of drug-likeness (QED) is 0.897. The van der Waals surface area contributed by atoms with Crippen molar-refractivity contribution in [3.63, 3.8) is 0 Å². The Hall–Kier alpha value is -0.970. The van der Waals surface area contributed by atoms with Crippen LogP contribution < -0.4 is 5.73 Å². The average Bonchev–Trinajstić information content (AvgIpc) is 2.45. The first-order chi connectivity index (χ1) is 9.58. The monoisotopic (exact) mass is 279 g/mol. The SMILES string of the molecule is CN1CCCC(N(C)CCC(N)c2ccccc2F)C1. The van der Waals surface area contributed by atoms with Gasteiger partial charge in [-0.15, -0.1) is 0 Å². The van der Waals surface area contributed by atoms with Gasteiger partial charge in [0.25, 0.3) is 0 Å². The Balaban J connectivity index is 1.83. The van der Waals surface area contributed by atoms with E-state index in [9.17, 15) is 4.39 Å². The summed E-state index contributed by atoms with van der Waals surface area (Å²) in [5.41, 5.74) is 6.75. The molecule has 1 aliphatic heterocycles. The minimum atomic E-state index is -0.222. The second-order valence-corrected chi connectivity index (χ2v) is 5.96. The van der Waals surface area contributed by atoms with Crippen molar-refractivity contribution < 1.29 is 4.39 Å². The van der Waals surface area contributed by atoms with E-state index in [0.29, 0.717) is 11.6 Å². The summed E-state index contributed by atoms with van der Waals surface area (Å²) in [6.45, 7) is 3.22. The van der Waals surface area contributed by atoms with Crippen molar-refractivity contribution in [2.45, 2.75) is 31.3 Å². The third-order valence-corrected chi connectivity index (χ3v) is 4.32. The van der Waals surface area contributed by atoms with Crippen LogP contribution in [0.5, 0.6) is 0 Å². The predicted octanol–water partition coefficient (Wildman–Crippen LogP) is 2.24. The van der Waals surface area contributed by atoms with E-state index >= 15 is 0 Å². The predicted molar refractivity (Wildman–Crippen MR) is 81.1 cm³/mol. The molecule has 1 aliphatic rings. The molecule has 2 atom stereocenters. The van der Waals surface area contributed by atoms with Crippen LogP contribution in [0.4, 0.5) is 4.39 Å². The van der Waals surface area contributed by atoms with Gasteiger partial charge in [0.2, 0.25) is 0 Å². The van der Waals surface area contributed by atoms with Crippen LogP contribution in [0.3, 0.4) is 0 Å². The Morgan fingerprint density at radius 1 is 1.45 bits per heavy atom. The lowest BCUT2D eigenvalue weighted by atomic mass is 10.0. The lowest BCUT2D eigenvalue weighted by Gasteiger charge is -2.36. The highest BCUT2D eigenvalue weighted by atomic mass is 19.1. The fourth-order valence-electron chi connectivity index (χ4n) is 2.96. The van der Waals surface area contributed by atoms with E-state index in [-0.39, 0.29) is 11.9 Å². The van der Waals surface area contributed by atoms with E-state index in [1.807, 2.05) is 6.07 Å². The topological polar surface area (TPSA) is 32.5 Å². The number of hydrogen-bond donors (Lipinski definition) is 1. The molecule has 2 unspecified atom stereocenters. The van der Waals surface area contributed by atoms with Crippen molar-refractivity contribution in [2.75, 3.05) is 33.7 Å². The van der Waals surface area contributed by atoms with Crippen molar-refractivity contribution in [1.29, 1.82) is 0 Å². The number of halogens is 1. The van der Waals surface area contributed by atoms with Gasteiger partial charge in [0, 0.05) is 24.2 Å². The van der Waals surface area contributed by atoms with Crippen LogP contribution in [0.2, 0.25) is 0 Å². The molecule has 2 rings (SSSR count). The zero-order chi connectivity index (χ0) is 14.5. The summed E-state index contributed by atoms with van der Waals surface area (Å²) < 4.78 is 13.7. The summed E-state index contributed by atoms with van der Waals surface area (Å²) in [6, 6.07) is 7.19. The first-order valence-corrected chi connectivity index (χ1v) is 7.46. The molecule has 1 fully saturated rings. The molecule has 0 saturated carbocycles. The molecule has 0 radical (unpaired) electrons. The minimum Gasteiger partial charge on any atom is -0.324 e. The highest BCUT2D eigenvalue weighted by Crippen LogP contribution is 2.19. The second-order valence-electron chi connectivity index (χ2n) is 5.96. The van der Waals surface area contributed by atoms with Crippen LogP contribution in [0, 0.1) is 5.82 Å². The lowest BCUT2D eigenvalue weighted by molar-refractivity contribution is 0.131. The maximum absolute atomic E-state index is 13.7. The Labute approximate surface area is 121 Å². The number of nitrogens with two attached hydrogens (primary N) is 1. The van der Waals surface area contributed by atoms with Crippen LogP contribution in [-0.4, -0.2) is 49.6 Å². The van der Waals surface area contributed by atoms with Gasteiger partial charge in [-0.3, -0.25) is 0 Å². The zero-order valence-electron chi connectivity index (χ0n) is 12.6. The van der Waals surface area contributed by atoms with E-state index < -0.39 is 0 Å². The van der Waals surface area contributed by atoms with Gasteiger partial charge in [-0.05, 0) is 52.5 Å². The van der Waals surface area contributed by atoms with Crippen LogP contribution in [0.1, 0.15) is 30.9 Å². The van der Waals surface area contributed by atoms with Gasteiger partial charge in [-0.25, -0.2) is 4.39 Å². The van der Waals surface area contributed by atoms with E-state index in [0.717, 1.165) is 19.5 Å². The molecule has 0 spiro atoms. The van der Waals surface area contributed by atoms with Gasteiger partial charge in [0.05, 0.1) is 0 Å². The second kappa shape index (κ2) is 7.16. The summed E-state index contributed by atoms with van der Waals surface area (Å²) in [6.07, 6.45) is 3.29. The van der Waals surface area contributed by atoms with Crippen LogP contribution in [0.15, 0.2) is 24.3 Å². The van der Waals surface area contributed by atoms with Crippen molar-refractivity contribution >= 4 is 0 Å². The maximum Gasteiger partial charge on any atom is 0.127 e. The fourth-order valence-corrected chi connectivity index (χ4v) is 2.96. The number of rotatable bonds is 5. The molecule has 0 amide bonds. The Morgan fingerprint density at radius 3 is 2.90 bits per heavy atom. The van der Waals surface area contributed by atoms with Gasteiger partial charge in [0.15, 0.2) is 0 Å². The zero-order valence-corrected chi connectivity index (χ0v) is 12.6. The van der Waals surface area contributed by atoms with Gasteiger partial charge in [0.1, 0.15) is 5.82 Å². The van der Waals surface area contributed by atoms with Gasteiger partial charge >= 0.3 is 0 Å². The van der Waals surface area contributed by atoms with Crippen molar-refractivity contribution in [2.24, 2.45) is 5.73 Å². The molecule has 1 aromatic carbocycles. The maximum atomic E-state index is 13.7. The Bertz CT molecular complexity index is 424. The summed E-state index contributed by atoms with van der Waals surface area (Å²) >= 11 is 0. The summed E-state index contributed by atoms with van der Waals surface area (Å²) in [7, 11) is 4.32. The van der Waals surface area contributed by atoms with Crippen molar-refractivity contribution in [1.82, 2.24) is 9.80 Å². The number of piperidine rings is 1. The number of likely N-dealkylation sites (tertiary alicyclic amines) is 1. The van der Waals surface area contributed by atoms with Gasteiger partial charge in [-0.1, -0.05) is 18.2 Å². The minimum absolute atomic E-state index is 0.194. The molecule has 2 N–H and O–H groups in total. The van der Waals surface area contributed by atoms with Crippen LogP contribution >= 0.6 is 0 Å². The van der Waals surface area contributed by atoms with E-state index in [1.54, 1.807) is 12.1 Å². The summed E-state index contributed by atoms with van der Waals surface area (Å²) in [4.78, 5) is 4.75. The van der Waals surface area contributed by atoms with E-state index in [1.165, 1.54) is 25.5 Å². The number of likely N-dealkylation sites (N-methyl/N-ethyl adjacent to an activating group) is 2. The fraction of sp³-hybridized carbons (Fsp3) is 0.625. The molecule has 0 bridgehead atoms. The first kappa shape index (κ1) is 15.4. The summed E-state index contributed by atoms with van der Waals surface area (Å²) in [5.74, 6) is -0.194. The molecule has 4 heteroatoms. The lowest BCUT2D eigenvalue weighted by Crippen LogP contribution is -2.45. The normalized spacial score (nSPS) is 22.1. The first-order valence-electron chi connectivity index (χ1n) is 7.46. The van der Waals surface area contributed by atoms with E-state index in [2.05, 4.69) is 23.9 Å². The van der Waals surface area contributed by atoms with Gasteiger partial charge < -0.3 is 15.5 Å². The Morgan fingerprint density at radius 2 is 2.20 bits per heavy atom. The smallest absolute Gasteiger partial charge is 0.127 e. The molecule has 112 valence electrons. The third kappa shape index (κ3) is 4.01. The molecule has 0 aliphatic carbocycles. The Kier molecular flexibility index (Phi) is 5.52. The molecule has 3 nitrogen and oxygen atoms in total. The highest BCUT2D eigenvalue weighted by Gasteiger charge is 2.21. The molecule has 20 heavy (non-hydrogen) atoms. The van der Waals surface area contributed by atoms with Crippen LogP contribution in [0.25, 0.3) is 0 Å². The molecule has 1 aromatic rings. The standard InChI is InChI=1S/C16H26FN3/c1-19-10-5-6-13(12-19)20(2)11-9-16(18)14-7-3-4-8-15(14)17/h3-4,7-8,13,16H,5-6,9-12,18H2,1-2H3. The summed E-state index contributed by atoms with van der Waals surface area (Å²) in [5, 5.41) is 0. The van der Waals surface area contributed by atoms with Crippen LogP contribution in [-0.2, 0) is 0 Å². The van der Waals surface area contributed by atoms with Crippen molar-refractivity contribution in [3.05, 3.63) is 35.6 Å². The number of hydrogen-bond acceptors (Lipinski definition) is 3. The van der Waals surface area contributed by atoms with Gasteiger partial charge in [-0.2, -0.15) is 0 Å². The highest BCUT2D eigenvalue weighted by molar-refractivity contribution is 5.20. The molecule has 1 saturated heterocycles. The number of benzene rings is 1. The molecule has 0 aromatic heterocycles. The number of nitrogens with zero attached hydrogens (tertiary/aromatic N) is 2. The van der Waals surface area contributed by atoms with Crippen molar-refractivity contribution in [3.8, 4) is 0 Å². The molecular weight excluding hydrogens is 253 g/mol. The van der Waals surface area contributed by atoms with E-state index in [4.69, 9.17) is 5.73 Å². The molecule has 1 heterocycles. The third-order valence-electron chi connectivity index (χ3n) is 4.32. The molecular formula is C16H26FN3. The average molecular weight is 279 g/mol. The largest absolute Gasteiger partial charge is 0.324 e.